The van der Waals surface area contributed by atoms with Crippen molar-refractivity contribution in [1.29, 1.82) is 0 Å². The minimum absolute atomic E-state index is 0.0564. The van der Waals surface area contributed by atoms with Crippen LogP contribution in [0.4, 0.5) is 5.69 Å². The number of aliphatic hydroxyl groups is 1. The first-order valence-corrected chi connectivity index (χ1v) is 7.26. The van der Waals surface area contributed by atoms with Gasteiger partial charge in [0.25, 0.3) is 0 Å². The third-order valence-electron chi connectivity index (χ3n) is 3.57. The molecule has 4 heteroatoms. The van der Waals surface area contributed by atoms with Gasteiger partial charge in [-0.2, -0.15) is 0 Å². The fourth-order valence-corrected chi connectivity index (χ4v) is 2.81. The summed E-state index contributed by atoms with van der Waals surface area (Å²) in [5.41, 5.74) is 2.49. The Hall–Kier alpha value is -1.55. The standard InChI is InChI=1S/C16H23NO3/c1-3-20-16(19)9-14(18)11-17-10-12(2)8-13-6-4-5-7-15(13)17/h4-7,12,14,18H,3,8-11H2,1-2H3. The van der Waals surface area contributed by atoms with Crippen LogP contribution in [-0.2, 0) is 16.0 Å². The van der Waals surface area contributed by atoms with Crippen molar-refractivity contribution >= 4 is 11.7 Å². The van der Waals surface area contributed by atoms with E-state index in [1.165, 1.54) is 11.3 Å². The number of para-hydroxylation sites is 1. The van der Waals surface area contributed by atoms with Crippen LogP contribution in [0.2, 0.25) is 0 Å². The van der Waals surface area contributed by atoms with Gasteiger partial charge in [-0.3, -0.25) is 4.79 Å². The van der Waals surface area contributed by atoms with E-state index in [0.717, 1.165) is 13.0 Å². The minimum Gasteiger partial charge on any atom is -0.466 e. The average molecular weight is 277 g/mol. The molecule has 2 rings (SSSR count). The second-order valence-electron chi connectivity index (χ2n) is 5.51. The van der Waals surface area contributed by atoms with E-state index in [2.05, 4.69) is 24.0 Å². The molecule has 1 aliphatic rings. The summed E-state index contributed by atoms with van der Waals surface area (Å²) in [6.45, 7) is 5.72. The molecule has 0 spiro atoms. The van der Waals surface area contributed by atoms with E-state index >= 15 is 0 Å². The Kier molecular flexibility index (Phi) is 5.01. The van der Waals surface area contributed by atoms with E-state index in [0.29, 0.717) is 19.1 Å². The first-order valence-electron chi connectivity index (χ1n) is 7.26. The Morgan fingerprint density at radius 3 is 3.00 bits per heavy atom. The average Bonchev–Trinajstić information content (AvgIpc) is 2.38. The Bertz CT molecular complexity index is 461. The molecule has 0 aliphatic carbocycles. The highest BCUT2D eigenvalue weighted by molar-refractivity contribution is 5.70. The molecule has 0 amide bonds. The van der Waals surface area contributed by atoms with Gasteiger partial charge in [0.05, 0.1) is 19.1 Å². The number of esters is 1. The van der Waals surface area contributed by atoms with Crippen LogP contribution in [0.3, 0.4) is 0 Å². The summed E-state index contributed by atoms with van der Waals surface area (Å²) in [5.74, 6) is 0.220. The lowest BCUT2D eigenvalue weighted by Gasteiger charge is -2.36. The molecule has 0 saturated carbocycles. The summed E-state index contributed by atoms with van der Waals surface area (Å²) in [7, 11) is 0. The van der Waals surface area contributed by atoms with E-state index < -0.39 is 6.10 Å². The van der Waals surface area contributed by atoms with Gasteiger partial charge in [-0.15, -0.1) is 0 Å². The second-order valence-corrected chi connectivity index (χ2v) is 5.51. The zero-order valence-electron chi connectivity index (χ0n) is 12.2. The molecule has 4 nitrogen and oxygen atoms in total. The molecule has 1 aromatic carbocycles. The van der Waals surface area contributed by atoms with Gasteiger partial charge in [0.2, 0.25) is 0 Å². The van der Waals surface area contributed by atoms with Gasteiger partial charge in [-0.05, 0) is 30.9 Å². The van der Waals surface area contributed by atoms with Crippen LogP contribution in [0.5, 0.6) is 0 Å². The summed E-state index contributed by atoms with van der Waals surface area (Å²) < 4.78 is 4.87. The van der Waals surface area contributed by atoms with E-state index in [1.54, 1.807) is 6.92 Å². The van der Waals surface area contributed by atoms with Crippen LogP contribution < -0.4 is 4.90 Å². The van der Waals surface area contributed by atoms with Gasteiger partial charge in [0.1, 0.15) is 0 Å². The highest BCUT2D eigenvalue weighted by atomic mass is 16.5. The Balaban J connectivity index is 2.00. The molecule has 20 heavy (non-hydrogen) atoms. The molecular weight excluding hydrogens is 254 g/mol. The van der Waals surface area contributed by atoms with Crippen LogP contribution in [-0.4, -0.2) is 36.9 Å². The number of β-amino-alcohol motifs (C(OH)–C–C–N with tert-alkyl or cyclic N) is 1. The molecule has 1 N–H and O–H groups in total. The number of rotatable bonds is 5. The van der Waals surface area contributed by atoms with Gasteiger partial charge < -0.3 is 14.7 Å². The number of aliphatic hydroxyl groups excluding tert-OH is 1. The predicted octanol–water partition coefficient (Wildman–Crippen LogP) is 2.00. The molecule has 2 atom stereocenters. The third kappa shape index (κ3) is 3.73. The number of nitrogens with zero attached hydrogens (tertiary/aromatic N) is 1. The SMILES string of the molecule is CCOC(=O)CC(O)CN1CC(C)Cc2ccccc21. The molecule has 1 heterocycles. The maximum atomic E-state index is 11.4. The Morgan fingerprint density at radius 2 is 2.25 bits per heavy atom. The van der Waals surface area contributed by atoms with Crippen molar-refractivity contribution in [3.63, 3.8) is 0 Å². The lowest BCUT2D eigenvalue weighted by molar-refractivity contribution is -0.145. The number of ether oxygens (including phenoxy) is 1. The topological polar surface area (TPSA) is 49.8 Å². The van der Waals surface area contributed by atoms with Gasteiger partial charge in [0, 0.05) is 18.8 Å². The summed E-state index contributed by atoms with van der Waals surface area (Å²) >= 11 is 0. The Morgan fingerprint density at radius 1 is 1.50 bits per heavy atom. The first kappa shape index (κ1) is 14.9. The van der Waals surface area contributed by atoms with E-state index in [9.17, 15) is 9.90 Å². The number of fused-ring (bicyclic) bond motifs is 1. The monoisotopic (exact) mass is 277 g/mol. The van der Waals surface area contributed by atoms with Crippen molar-refractivity contribution in [3.8, 4) is 0 Å². The number of carbonyl (C=O) groups is 1. The Labute approximate surface area is 120 Å². The third-order valence-corrected chi connectivity index (χ3v) is 3.57. The molecule has 1 aliphatic heterocycles. The second kappa shape index (κ2) is 6.75. The van der Waals surface area contributed by atoms with Crippen molar-refractivity contribution in [2.45, 2.75) is 32.8 Å². The summed E-state index contributed by atoms with van der Waals surface area (Å²) in [6.07, 6.45) is 0.439. The van der Waals surface area contributed by atoms with Crippen LogP contribution in [0.25, 0.3) is 0 Å². The van der Waals surface area contributed by atoms with Crippen LogP contribution >= 0.6 is 0 Å². The molecule has 2 unspecified atom stereocenters. The molecule has 0 radical (unpaired) electrons. The van der Waals surface area contributed by atoms with E-state index in [-0.39, 0.29) is 12.4 Å². The molecule has 0 fully saturated rings. The number of hydrogen-bond donors (Lipinski definition) is 1. The lowest BCUT2D eigenvalue weighted by atomic mass is 9.93. The zero-order chi connectivity index (χ0) is 14.5. The highest BCUT2D eigenvalue weighted by Crippen LogP contribution is 2.29. The fraction of sp³-hybridized carbons (Fsp3) is 0.562. The van der Waals surface area contributed by atoms with Crippen molar-refractivity contribution in [2.24, 2.45) is 5.92 Å². The number of carbonyl (C=O) groups excluding carboxylic acids is 1. The van der Waals surface area contributed by atoms with Crippen molar-refractivity contribution in [1.82, 2.24) is 0 Å². The molecule has 0 saturated heterocycles. The molecular formula is C16H23NO3. The molecule has 0 bridgehead atoms. The maximum Gasteiger partial charge on any atom is 0.308 e. The predicted molar refractivity (Wildman–Crippen MR) is 78.8 cm³/mol. The van der Waals surface area contributed by atoms with Gasteiger partial charge in [-0.25, -0.2) is 0 Å². The van der Waals surface area contributed by atoms with Crippen molar-refractivity contribution in [2.75, 3.05) is 24.6 Å². The van der Waals surface area contributed by atoms with Crippen molar-refractivity contribution < 1.29 is 14.6 Å². The largest absolute Gasteiger partial charge is 0.466 e. The summed E-state index contributed by atoms with van der Waals surface area (Å²) in [6, 6.07) is 8.28. The summed E-state index contributed by atoms with van der Waals surface area (Å²) in [5, 5.41) is 10.1. The van der Waals surface area contributed by atoms with Crippen LogP contribution in [0.15, 0.2) is 24.3 Å². The number of hydrogen-bond acceptors (Lipinski definition) is 4. The fourth-order valence-electron chi connectivity index (χ4n) is 2.81. The molecule has 1 aromatic rings. The van der Waals surface area contributed by atoms with E-state index in [1.807, 2.05) is 12.1 Å². The van der Waals surface area contributed by atoms with E-state index in [4.69, 9.17) is 4.74 Å². The minimum atomic E-state index is -0.688. The van der Waals surface area contributed by atoms with Gasteiger partial charge >= 0.3 is 5.97 Å². The number of benzene rings is 1. The van der Waals surface area contributed by atoms with Gasteiger partial charge in [-0.1, -0.05) is 25.1 Å². The van der Waals surface area contributed by atoms with Crippen LogP contribution in [0.1, 0.15) is 25.8 Å². The maximum absolute atomic E-state index is 11.4. The summed E-state index contributed by atoms with van der Waals surface area (Å²) in [4.78, 5) is 13.6. The first-order chi connectivity index (χ1) is 9.60. The highest BCUT2D eigenvalue weighted by Gasteiger charge is 2.24. The normalized spacial score (nSPS) is 19.4. The molecule has 0 aromatic heterocycles. The smallest absolute Gasteiger partial charge is 0.308 e. The van der Waals surface area contributed by atoms with Crippen molar-refractivity contribution in [3.05, 3.63) is 29.8 Å². The number of anilines is 1. The zero-order valence-corrected chi connectivity index (χ0v) is 12.2. The molecule has 110 valence electrons. The quantitative estimate of drug-likeness (QED) is 0.836. The van der Waals surface area contributed by atoms with Crippen LogP contribution in [0, 0.1) is 5.92 Å². The van der Waals surface area contributed by atoms with Gasteiger partial charge in [0.15, 0.2) is 0 Å². The lowest BCUT2D eigenvalue weighted by Crippen LogP contribution is -2.40.